The molecule has 0 bridgehead atoms. The van der Waals surface area contributed by atoms with Gasteiger partial charge in [-0.25, -0.2) is 14.2 Å². The standard InChI is InChI=1S/C22H18FN5O/c1-4-17-22(29)26-15-8-6-7-12-9-18(28(17)19(12)15)21-25-16-11-13(24-3)10-14(23)20(16)27(21)5-2/h6-11,17H,4-5H2,1-2H3,(H,26,29). The Morgan fingerprint density at radius 2 is 2.07 bits per heavy atom. The van der Waals surface area contributed by atoms with Gasteiger partial charge in [0.25, 0.3) is 0 Å². The van der Waals surface area contributed by atoms with Crippen molar-refractivity contribution in [3.63, 3.8) is 0 Å². The monoisotopic (exact) mass is 387 g/mol. The van der Waals surface area contributed by atoms with Gasteiger partial charge in [-0.1, -0.05) is 19.1 Å². The molecule has 2 aromatic heterocycles. The quantitative estimate of drug-likeness (QED) is 0.487. The second kappa shape index (κ2) is 6.17. The Kier molecular flexibility index (Phi) is 3.71. The van der Waals surface area contributed by atoms with Crippen LogP contribution in [0.4, 0.5) is 15.8 Å². The minimum atomic E-state index is -0.464. The molecule has 1 N–H and O–H groups in total. The molecule has 29 heavy (non-hydrogen) atoms. The molecule has 0 radical (unpaired) electrons. The number of hydrogen-bond donors (Lipinski definition) is 1. The van der Waals surface area contributed by atoms with Crippen molar-refractivity contribution in [1.82, 2.24) is 14.1 Å². The van der Waals surface area contributed by atoms with Crippen molar-refractivity contribution in [3.8, 4) is 11.5 Å². The minimum Gasteiger partial charge on any atom is -0.324 e. The molecule has 0 aliphatic carbocycles. The number of amides is 1. The van der Waals surface area contributed by atoms with Crippen LogP contribution in [0.15, 0.2) is 36.4 Å². The van der Waals surface area contributed by atoms with Crippen LogP contribution in [0.1, 0.15) is 26.3 Å². The van der Waals surface area contributed by atoms with E-state index in [0.717, 1.165) is 22.3 Å². The van der Waals surface area contributed by atoms with Crippen LogP contribution in [0, 0.1) is 12.4 Å². The first-order valence-corrected chi connectivity index (χ1v) is 9.59. The number of nitrogens with one attached hydrogen (secondary N) is 1. The van der Waals surface area contributed by atoms with Crippen molar-refractivity contribution in [2.45, 2.75) is 32.9 Å². The highest BCUT2D eigenvalue weighted by atomic mass is 19.1. The number of carbonyl (C=O) groups is 1. The average Bonchev–Trinajstić information content (AvgIpc) is 3.28. The number of nitrogens with zero attached hydrogens (tertiary/aromatic N) is 4. The summed E-state index contributed by atoms with van der Waals surface area (Å²) in [6, 6.07) is 10.3. The van der Waals surface area contributed by atoms with Gasteiger partial charge in [-0.15, -0.1) is 0 Å². The van der Waals surface area contributed by atoms with Crippen LogP contribution in [0.5, 0.6) is 0 Å². The Morgan fingerprint density at radius 1 is 1.24 bits per heavy atom. The molecule has 1 atom stereocenters. The van der Waals surface area contributed by atoms with E-state index < -0.39 is 5.82 Å². The van der Waals surface area contributed by atoms with Gasteiger partial charge in [0, 0.05) is 11.9 Å². The summed E-state index contributed by atoms with van der Waals surface area (Å²) < 4.78 is 18.6. The van der Waals surface area contributed by atoms with E-state index in [9.17, 15) is 9.18 Å². The summed E-state index contributed by atoms with van der Waals surface area (Å²) in [7, 11) is 0. The van der Waals surface area contributed by atoms with E-state index in [4.69, 9.17) is 11.6 Å². The second-order valence-corrected chi connectivity index (χ2v) is 7.14. The number of anilines is 1. The van der Waals surface area contributed by atoms with Gasteiger partial charge in [-0.05, 0) is 37.6 Å². The number of hydrogen-bond acceptors (Lipinski definition) is 2. The third-order valence-corrected chi connectivity index (χ3v) is 5.57. The summed E-state index contributed by atoms with van der Waals surface area (Å²) in [6.45, 7) is 11.6. The van der Waals surface area contributed by atoms with Crippen LogP contribution in [0.25, 0.3) is 38.3 Å². The molecule has 1 aliphatic rings. The largest absolute Gasteiger partial charge is 0.324 e. The maximum absolute atomic E-state index is 14.8. The lowest BCUT2D eigenvalue weighted by Crippen LogP contribution is -2.30. The van der Waals surface area contributed by atoms with Crippen LogP contribution in [-0.2, 0) is 11.3 Å². The maximum atomic E-state index is 14.8. The Hall–Kier alpha value is -3.66. The predicted octanol–water partition coefficient (Wildman–Crippen LogP) is 5.27. The Balaban J connectivity index is 1.89. The molecule has 5 rings (SSSR count). The molecule has 6 nitrogen and oxygen atoms in total. The van der Waals surface area contributed by atoms with E-state index in [1.54, 1.807) is 6.07 Å². The number of benzene rings is 2. The number of fused-ring (bicyclic) bond motifs is 1. The van der Waals surface area contributed by atoms with Crippen LogP contribution in [0.2, 0.25) is 0 Å². The normalized spacial score (nSPS) is 15.7. The van der Waals surface area contributed by atoms with E-state index in [1.807, 2.05) is 47.2 Å². The molecule has 7 heteroatoms. The molecule has 3 heterocycles. The number of aryl methyl sites for hydroxylation is 1. The van der Waals surface area contributed by atoms with Gasteiger partial charge in [0.15, 0.2) is 11.5 Å². The fourth-order valence-corrected chi connectivity index (χ4v) is 4.35. The lowest BCUT2D eigenvalue weighted by atomic mass is 10.1. The first-order valence-electron chi connectivity index (χ1n) is 9.59. The molecule has 0 saturated carbocycles. The summed E-state index contributed by atoms with van der Waals surface area (Å²) in [5.41, 5.74) is 3.53. The molecule has 4 aromatic rings. The zero-order valence-electron chi connectivity index (χ0n) is 16.0. The van der Waals surface area contributed by atoms with Gasteiger partial charge in [0.05, 0.1) is 29.0 Å². The zero-order valence-corrected chi connectivity index (χ0v) is 16.0. The minimum absolute atomic E-state index is 0.0643. The zero-order chi connectivity index (χ0) is 20.3. The van der Waals surface area contributed by atoms with E-state index in [1.165, 1.54) is 6.07 Å². The van der Waals surface area contributed by atoms with E-state index >= 15 is 0 Å². The van der Waals surface area contributed by atoms with Crippen LogP contribution < -0.4 is 5.32 Å². The molecular weight excluding hydrogens is 369 g/mol. The lowest BCUT2D eigenvalue weighted by molar-refractivity contribution is -0.119. The third kappa shape index (κ3) is 2.32. The fourth-order valence-electron chi connectivity index (χ4n) is 4.35. The molecule has 1 unspecified atom stereocenters. The Morgan fingerprint density at radius 3 is 2.79 bits per heavy atom. The van der Waals surface area contributed by atoms with Gasteiger partial charge in [-0.2, -0.15) is 0 Å². The van der Waals surface area contributed by atoms with Gasteiger partial charge >= 0.3 is 0 Å². The number of imidazole rings is 1. The van der Waals surface area contributed by atoms with Crippen LogP contribution in [0.3, 0.4) is 0 Å². The van der Waals surface area contributed by atoms with Gasteiger partial charge < -0.3 is 14.5 Å². The number of aromatic nitrogens is 3. The number of halogens is 1. The first kappa shape index (κ1) is 17.4. The molecular formula is C22H18FN5O. The van der Waals surface area contributed by atoms with E-state index in [-0.39, 0.29) is 17.6 Å². The van der Waals surface area contributed by atoms with Gasteiger partial charge in [-0.3, -0.25) is 4.79 Å². The van der Waals surface area contributed by atoms with Crippen molar-refractivity contribution in [2.24, 2.45) is 0 Å². The number of para-hydroxylation sites is 1. The van der Waals surface area contributed by atoms with Gasteiger partial charge in [0.2, 0.25) is 5.91 Å². The number of rotatable bonds is 3. The fraction of sp³-hybridized carbons (Fsp3) is 0.227. The first-order chi connectivity index (χ1) is 14.1. The second-order valence-electron chi connectivity index (χ2n) is 7.14. The predicted molar refractivity (Wildman–Crippen MR) is 111 cm³/mol. The summed E-state index contributed by atoms with van der Waals surface area (Å²) in [5, 5.41) is 3.98. The SMILES string of the molecule is [C-]#[N+]c1cc(F)c2c(c1)nc(-c1cc3cccc4c3n1C(CC)C(=O)N4)n2CC. The molecule has 144 valence electrons. The van der Waals surface area contributed by atoms with Crippen molar-refractivity contribution >= 4 is 39.2 Å². The molecule has 1 aliphatic heterocycles. The van der Waals surface area contributed by atoms with Crippen molar-refractivity contribution in [1.29, 1.82) is 0 Å². The molecule has 0 saturated heterocycles. The van der Waals surface area contributed by atoms with Crippen molar-refractivity contribution in [3.05, 3.63) is 53.6 Å². The molecule has 0 fully saturated rings. The number of carbonyl (C=O) groups excluding carboxylic acids is 1. The summed E-state index contributed by atoms with van der Waals surface area (Å²) in [4.78, 5) is 20.8. The Labute approximate surface area is 166 Å². The smallest absolute Gasteiger partial charge is 0.247 e. The highest BCUT2D eigenvalue weighted by Crippen LogP contribution is 2.40. The highest BCUT2D eigenvalue weighted by molar-refractivity contribution is 6.08. The molecule has 0 spiro atoms. The van der Waals surface area contributed by atoms with E-state index in [2.05, 4.69) is 10.2 Å². The molecule has 1 amide bonds. The summed E-state index contributed by atoms with van der Waals surface area (Å²) in [6.07, 6.45) is 0.625. The average molecular weight is 387 g/mol. The Bertz CT molecular complexity index is 1360. The van der Waals surface area contributed by atoms with Gasteiger partial charge in [0.1, 0.15) is 17.4 Å². The van der Waals surface area contributed by atoms with Crippen molar-refractivity contribution < 1.29 is 9.18 Å². The summed E-state index contributed by atoms with van der Waals surface area (Å²) >= 11 is 0. The lowest BCUT2D eigenvalue weighted by Gasteiger charge is -2.26. The summed E-state index contributed by atoms with van der Waals surface area (Å²) in [5.74, 6) is 0.0683. The molecule has 2 aromatic carbocycles. The highest BCUT2D eigenvalue weighted by Gasteiger charge is 2.31. The van der Waals surface area contributed by atoms with Crippen LogP contribution in [-0.4, -0.2) is 20.0 Å². The third-order valence-electron chi connectivity index (χ3n) is 5.57. The van der Waals surface area contributed by atoms with Crippen LogP contribution >= 0.6 is 0 Å². The maximum Gasteiger partial charge on any atom is 0.247 e. The van der Waals surface area contributed by atoms with E-state index in [0.29, 0.717) is 29.8 Å². The topological polar surface area (TPSA) is 56.2 Å². The van der Waals surface area contributed by atoms with Crippen molar-refractivity contribution in [2.75, 3.05) is 5.32 Å².